The van der Waals surface area contributed by atoms with E-state index in [-0.39, 0.29) is 0 Å². The zero-order valence-corrected chi connectivity index (χ0v) is 12.9. The average molecular weight is 333 g/mol. The van der Waals surface area contributed by atoms with E-state index >= 15 is 0 Å². The number of halogens is 1. The number of hydrogen-bond acceptors (Lipinski definition) is 2. The molecular weight excluding hydrogens is 316 g/mol. The molecule has 4 nitrogen and oxygen atoms in total. The van der Waals surface area contributed by atoms with Gasteiger partial charge >= 0.3 is 0 Å². The molecule has 3 rings (SSSR count). The van der Waals surface area contributed by atoms with Gasteiger partial charge in [0.1, 0.15) is 0 Å². The van der Waals surface area contributed by atoms with Gasteiger partial charge in [-0.3, -0.25) is 0 Å². The minimum Gasteiger partial charge on any atom is -0.357 e. The molecule has 0 radical (unpaired) electrons. The number of fused-ring (bicyclic) bond motifs is 1. The van der Waals surface area contributed by atoms with Crippen molar-refractivity contribution in [2.24, 2.45) is 0 Å². The molecule has 0 spiro atoms. The number of benzene rings is 1. The largest absolute Gasteiger partial charge is 0.357 e. The van der Waals surface area contributed by atoms with E-state index < -0.39 is 0 Å². The molecule has 0 aliphatic rings. The van der Waals surface area contributed by atoms with Crippen LogP contribution in [0.3, 0.4) is 0 Å². The molecule has 0 amide bonds. The van der Waals surface area contributed by atoms with Crippen LogP contribution >= 0.6 is 15.9 Å². The van der Waals surface area contributed by atoms with E-state index in [2.05, 4.69) is 67.0 Å². The summed E-state index contributed by atoms with van der Waals surface area (Å²) in [5.41, 5.74) is 2.38. The lowest BCUT2D eigenvalue weighted by Gasteiger charge is -2.12. The summed E-state index contributed by atoms with van der Waals surface area (Å²) in [5.74, 6) is 0. The highest BCUT2D eigenvalue weighted by Gasteiger charge is 2.08. The first-order valence-corrected chi connectivity index (χ1v) is 7.49. The maximum Gasteiger partial charge on any atom is 0.0946 e. The molecule has 0 fully saturated rings. The Bertz CT molecular complexity index is 687. The van der Waals surface area contributed by atoms with Crippen molar-refractivity contribution in [1.29, 1.82) is 0 Å². The summed E-state index contributed by atoms with van der Waals surface area (Å²) in [6, 6.07) is 8.79. The van der Waals surface area contributed by atoms with Crippen LogP contribution in [0.5, 0.6) is 0 Å². The molecule has 2 heterocycles. The minimum absolute atomic E-state index is 0.296. The maximum atomic E-state index is 4.04. The summed E-state index contributed by atoms with van der Waals surface area (Å²) >= 11 is 3.50. The van der Waals surface area contributed by atoms with Gasteiger partial charge in [-0.2, -0.15) is 0 Å². The lowest BCUT2D eigenvalue weighted by Crippen LogP contribution is -2.23. The molecule has 1 atom stereocenters. The highest BCUT2D eigenvalue weighted by atomic mass is 79.9. The van der Waals surface area contributed by atoms with Crippen molar-refractivity contribution in [3.63, 3.8) is 0 Å². The molecule has 0 saturated carbocycles. The SMILES string of the molecule is CC(NCCn1ccnc1)c1cc2cc(Br)ccc2[nH]1. The van der Waals surface area contributed by atoms with Crippen LogP contribution in [0.2, 0.25) is 0 Å². The molecule has 0 bridgehead atoms. The monoisotopic (exact) mass is 332 g/mol. The van der Waals surface area contributed by atoms with Crippen molar-refractivity contribution >= 4 is 26.8 Å². The van der Waals surface area contributed by atoms with Gasteiger partial charge in [0, 0.05) is 52.6 Å². The second kappa shape index (κ2) is 5.81. The molecule has 0 saturated heterocycles. The van der Waals surface area contributed by atoms with Crippen molar-refractivity contribution in [1.82, 2.24) is 19.9 Å². The van der Waals surface area contributed by atoms with Gasteiger partial charge in [0.25, 0.3) is 0 Å². The van der Waals surface area contributed by atoms with Gasteiger partial charge in [-0.25, -0.2) is 4.98 Å². The maximum absolute atomic E-state index is 4.04. The molecular formula is C15H17BrN4. The van der Waals surface area contributed by atoms with Crippen LogP contribution in [0.25, 0.3) is 10.9 Å². The van der Waals surface area contributed by atoms with Crippen LogP contribution in [0.1, 0.15) is 18.7 Å². The number of aromatic amines is 1. The number of aromatic nitrogens is 3. The Balaban J connectivity index is 1.64. The van der Waals surface area contributed by atoms with Gasteiger partial charge < -0.3 is 14.9 Å². The molecule has 3 aromatic rings. The molecule has 2 aromatic heterocycles. The van der Waals surface area contributed by atoms with Gasteiger partial charge in [-0.15, -0.1) is 0 Å². The zero-order chi connectivity index (χ0) is 13.9. The lowest BCUT2D eigenvalue weighted by molar-refractivity contribution is 0.525. The third-order valence-corrected chi connectivity index (χ3v) is 3.94. The number of nitrogens with zero attached hydrogens (tertiary/aromatic N) is 2. The summed E-state index contributed by atoms with van der Waals surface area (Å²) in [7, 11) is 0. The molecule has 1 unspecified atom stereocenters. The smallest absolute Gasteiger partial charge is 0.0946 e. The molecule has 1 aromatic carbocycles. The zero-order valence-electron chi connectivity index (χ0n) is 11.3. The summed E-state index contributed by atoms with van der Waals surface area (Å²) in [5, 5.41) is 4.76. The van der Waals surface area contributed by atoms with Gasteiger partial charge in [0.2, 0.25) is 0 Å². The fourth-order valence-corrected chi connectivity index (χ4v) is 2.68. The number of H-pyrrole nitrogens is 1. The van der Waals surface area contributed by atoms with Crippen LogP contribution in [0.4, 0.5) is 0 Å². The summed E-state index contributed by atoms with van der Waals surface area (Å²) in [4.78, 5) is 7.50. The predicted octanol–water partition coefficient (Wildman–Crippen LogP) is 3.48. The summed E-state index contributed by atoms with van der Waals surface area (Å²) in [6.07, 6.45) is 5.62. The van der Waals surface area contributed by atoms with Crippen molar-refractivity contribution in [2.75, 3.05) is 6.54 Å². The van der Waals surface area contributed by atoms with Gasteiger partial charge in [-0.1, -0.05) is 15.9 Å². The van der Waals surface area contributed by atoms with Gasteiger partial charge in [-0.05, 0) is 31.2 Å². The van der Waals surface area contributed by atoms with Crippen LogP contribution in [-0.2, 0) is 6.54 Å². The van der Waals surface area contributed by atoms with Crippen LogP contribution in [0.15, 0.2) is 47.5 Å². The summed E-state index contributed by atoms with van der Waals surface area (Å²) in [6.45, 7) is 4.01. The molecule has 2 N–H and O–H groups in total. The van der Waals surface area contributed by atoms with E-state index in [1.807, 2.05) is 12.5 Å². The Kier molecular flexibility index (Phi) is 3.89. The Morgan fingerprint density at radius 2 is 2.30 bits per heavy atom. The van der Waals surface area contributed by atoms with Crippen molar-refractivity contribution in [3.05, 3.63) is 53.2 Å². The van der Waals surface area contributed by atoms with E-state index in [9.17, 15) is 0 Å². The molecule has 0 aliphatic carbocycles. The van der Waals surface area contributed by atoms with Crippen LogP contribution in [-0.4, -0.2) is 21.1 Å². The highest BCUT2D eigenvalue weighted by molar-refractivity contribution is 9.10. The van der Waals surface area contributed by atoms with Crippen molar-refractivity contribution in [2.45, 2.75) is 19.5 Å². The molecule has 20 heavy (non-hydrogen) atoms. The second-order valence-corrected chi connectivity index (χ2v) is 5.85. The highest BCUT2D eigenvalue weighted by Crippen LogP contribution is 2.23. The summed E-state index contributed by atoms with van der Waals surface area (Å²) < 4.78 is 3.18. The third kappa shape index (κ3) is 2.94. The number of nitrogens with one attached hydrogen (secondary N) is 2. The van der Waals surface area contributed by atoms with E-state index in [1.165, 1.54) is 16.6 Å². The van der Waals surface area contributed by atoms with Crippen LogP contribution < -0.4 is 5.32 Å². The Hall–Kier alpha value is -1.59. The fourth-order valence-electron chi connectivity index (χ4n) is 2.30. The van der Waals surface area contributed by atoms with E-state index in [0.717, 1.165) is 17.6 Å². The van der Waals surface area contributed by atoms with E-state index in [0.29, 0.717) is 6.04 Å². The second-order valence-electron chi connectivity index (χ2n) is 4.93. The Labute approximate surface area is 126 Å². The number of rotatable bonds is 5. The lowest BCUT2D eigenvalue weighted by atomic mass is 10.2. The van der Waals surface area contributed by atoms with Crippen molar-refractivity contribution in [3.8, 4) is 0 Å². The number of imidazole rings is 1. The first kappa shape index (κ1) is 13.4. The normalized spacial score (nSPS) is 12.9. The average Bonchev–Trinajstić information content (AvgIpc) is 3.06. The topological polar surface area (TPSA) is 45.6 Å². The Morgan fingerprint density at radius 3 is 3.10 bits per heavy atom. The van der Waals surface area contributed by atoms with E-state index in [1.54, 1.807) is 6.20 Å². The third-order valence-electron chi connectivity index (χ3n) is 3.45. The standard InChI is InChI=1S/C15H17BrN4/c1-11(18-5-7-20-6-4-17-10-20)15-9-12-8-13(16)2-3-14(12)19-15/h2-4,6,8-11,18-19H,5,7H2,1H3. The Morgan fingerprint density at radius 1 is 1.40 bits per heavy atom. The first-order chi connectivity index (χ1) is 9.72. The first-order valence-electron chi connectivity index (χ1n) is 6.69. The van der Waals surface area contributed by atoms with Crippen LogP contribution in [0, 0.1) is 0 Å². The molecule has 0 aliphatic heterocycles. The fraction of sp³-hybridized carbons (Fsp3) is 0.267. The molecule has 104 valence electrons. The predicted molar refractivity (Wildman–Crippen MR) is 84.6 cm³/mol. The number of hydrogen-bond donors (Lipinski definition) is 2. The van der Waals surface area contributed by atoms with Gasteiger partial charge in [0.15, 0.2) is 0 Å². The quantitative estimate of drug-likeness (QED) is 0.751. The van der Waals surface area contributed by atoms with Gasteiger partial charge in [0.05, 0.1) is 6.33 Å². The minimum atomic E-state index is 0.296. The molecule has 5 heteroatoms. The van der Waals surface area contributed by atoms with Crippen molar-refractivity contribution < 1.29 is 0 Å². The van der Waals surface area contributed by atoms with E-state index in [4.69, 9.17) is 0 Å².